The first-order valence-electron chi connectivity index (χ1n) is 18.1. The number of hydrogen-bond donors (Lipinski definition) is 0. The quantitative estimate of drug-likeness (QED) is 0.180. The molecule has 0 bridgehead atoms. The van der Waals surface area contributed by atoms with Gasteiger partial charge in [0.05, 0.1) is 11.0 Å². The van der Waals surface area contributed by atoms with Crippen molar-refractivity contribution in [3.05, 3.63) is 182 Å². The molecule has 0 amide bonds. The summed E-state index contributed by atoms with van der Waals surface area (Å²) in [5.41, 5.74) is 10.2. The van der Waals surface area contributed by atoms with Crippen LogP contribution in [-0.4, -0.2) is 19.5 Å². The van der Waals surface area contributed by atoms with Gasteiger partial charge >= 0.3 is 0 Å². The third-order valence-corrected chi connectivity index (χ3v) is 10.5. The highest BCUT2D eigenvalue weighted by Gasteiger charge is 2.17. The molecular weight excluding hydrogens is 661 g/mol. The zero-order valence-corrected chi connectivity index (χ0v) is 29.0. The first-order chi connectivity index (χ1) is 26.7. The molecule has 3 heterocycles. The van der Waals surface area contributed by atoms with Gasteiger partial charge < -0.3 is 8.98 Å². The minimum Gasteiger partial charge on any atom is -0.456 e. The zero-order valence-electron chi connectivity index (χ0n) is 29.0. The van der Waals surface area contributed by atoms with Crippen LogP contribution in [0.15, 0.2) is 186 Å². The van der Waals surface area contributed by atoms with Crippen molar-refractivity contribution in [2.24, 2.45) is 0 Å². The van der Waals surface area contributed by atoms with E-state index in [1.807, 2.05) is 54.6 Å². The van der Waals surface area contributed by atoms with E-state index in [4.69, 9.17) is 19.4 Å². The Morgan fingerprint density at radius 3 is 1.69 bits per heavy atom. The molecule has 0 saturated carbocycles. The fourth-order valence-electron chi connectivity index (χ4n) is 7.85. The molecule has 0 saturated heterocycles. The Morgan fingerprint density at radius 1 is 0.352 bits per heavy atom. The maximum atomic E-state index is 6.21. The van der Waals surface area contributed by atoms with Gasteiger partial charge in [0.1, 0.15) is 11.2 Å². The van der Waals surface area contributed by atoms with Crippen molar-refractivity contribution >= 4 is 54.5 Å². The summed E-state index contributed by atoms with van der Waals surface area (Å²) in [5, 5.41) is 7.23. The van der Waals surface area contributed by atoms with E-state index in [1.54, 1.807) is 0 Å². The van der Waals surface area contributed by atoms with Gasteiger partial charge in [-0.2, -0.15) is 0 Å². The molecule has 0 fully saturated rings. The monoisotopic (exact) mass is 690 g/mol. The Morgan fingerprint density at radius 2 is 0.907 bits per heavy atom. The highest BCUT2D eigenvalue weighted by atomic mass is 16.3. The van der Waals surface area contributed by atoms with Gasteiger partial charge in [0.2, 0.25) is 0 Å². The molecule has 11 rings (SSSR count). The van der Waals surface area contributed by atoms with Gasteiger partial charge in [-0.1, -0.05) is 140 Å². The Hall–Kier alpha value is -7.37. The molecule has 0 aliphatic heterocycles. The molecule has 3 aromatic heterocycles. The number of fused-ring (bicyclic) bond motifs is 8. The number of para-hydroxylation sites is 2. The molecule has 5 heteroatoms. The molecule has 0 aliphatic carbocycles. The molecule has 0 N–H and O–H groups in total. The third-order valence-electron chi connectivity index (χ3n) is 10.5. The minimum absolute atomic E-state index is 0.596. The molecule has 5 nitrogen and oxygen atoms in total. The summed E-state index contributed by atoms with van der Waals surface area (Å²) >= 11 is 0. The van der Waals surface area contributed by atoms with Crippen LogP contribution in [0.25, 0.3) is 105 Å². The van der Waals surface area contributed by atoms with Crippen LogP contribution in [0.2, 0.25) is 0 Å². The average molecular weight is 691 g/mol. The van der Waals surface area contributed by atoms with Crippen molar-refractivity contribution < 1.29 is 4.42 Å². The summed E-state index contributed by atoms with van der Waals surface area (Å²) in [6.07, 6.45) is 0. The highest BCUT2D eigenvalue weighted by Crippen LogP contribution is 2.38. The van der Waals surface area contributed by atoms with Gasteiger partial charge in [-0.25, -0.2) is 15.0 Å². The Bertz CT molecular complexity index is 3200. The van der Waals surface area contributed by atoms with E-state index >= 15 is 0 Å². The summed E-state index contributed by atoms with van der Waals surface area (Å²) < 4.78 is 8.58. The van der Waals surface area contributed by atoms with Gasteiger partial charge in [-0.3, -0.25) is 0 Å². The van der Waals surface area contributed by atoms with E-state index in [9.17, 15) is 0 Å². The van der Waals surface area contributed by atoms with Crippen LogP contribution in [0.3, 0.4) is 0 Å². The first-order valence-corrected chi connectivity index (χ1v) is 18.1. The number of aromatic nitrogens is 4. The Kier molecular flexibility index (Phi) is 6.79. The average Bonchev–Trinajstić information content (AvgIpc) is 3.80. The maximum Gasteiger partial charge on any atom is 0.164 e. The van der Waals surface area contributed by atoms with Crippen LogP contribution in [0.5, 0.6) is 0 Å². The van der Waals surface area contributed by atoms with E-state index in [-0.39, 0.29) is 0 Å². The lowest BCUT2D eigenvalue weighted by atomic mass is 10.0. The van der Waals surface area contributed by atoms with Crippen LogP contribution in [0.4, 0.5) is 0 Å². The number of nitrogens with zero attached hydrogens (tertiary/aromatic N) is 4. The van der Waals surface area contributed by atoms with Crippen LogP contribution in [0.1, 0.15) is 0 Å². The molecule has 0 atom stereocenters. The Labute approximate surface area is 310 Å². The molecule has 8 aromatic carbocycles. The van der Waals surface area contributed by atoms with Crippen molar-refractivity contribution in [1.29, 1.82) is 0 Å². The Balaban J connectivity index is 0.960. The van der Waals surface area contributed by atoms with E-state index in [0.29, 0.717) is 17.5 Å². The second-order valence-electron chi connectivity index (χ2n) is 13.6. The molecule has 0 spiro atoms. The standard InChI is InChI=1S/C49H30N4O/c1-2-11-34(12-3-1)47-50-48(52-49(51-47)36-24-28-40-39-14-7-9-17-44(39)54-45(40)30-36)35-20-18-31(19-21-35)32-22-26-37(27-23-32)53-42-16-8-6-15-41(42)46-38-13-5-4-10-33(38)25-29-43(46)53/h1-30H. The van der Waals surface area contributed by atoms with Gasteiger partial charge in [0.25, 0.3) is 0 Å². The van der Waals surface area contributed by atoms with E-state index in [1.165, 1.54) is 32.6 Å². The summed E-state index contributed by atoms with van der Waals surface area (Å²) in [4.78, 5) is 14.9. The normalized spacial score (nSPS) is 11.7. The minimum atomic E-state index is 0.596. The number of benzene rings is 8. The predicted octanol–water partition coefficient (Wildman–Crippen LogP) is 12.7. The molecule has 54 heavy (non-hydrogen) atoms. The fraction of sp³-hybridized carbons (Fsp3) is 0. The van der Waals surface area contributed by atoms with Gasteiger partial charge in [0, 0.05) is 43.9 Å². The second kappa shape index (κ2) is 12.1. The summed E-state index contributed by atoms with van der Waals surface area (Å²) in [5.74, 6) is 1.83. The lowest BCUT2D eigenvalue weighted by molar-refractivity contribution is 0.669. The third kappa shape index (κ3) is 4.90. The van der Waals surface area contributed by atoms with Crippen molar-refractivity contribution in [1.82, 2.24) is 19.5 Å². The van der Waals surface area contributed by atoms with Gasteiger partial charge in [0.15, 0.2) is 17.5 Å². The van der Waals surface area contributed by atoms with Crippen molar-refractivity contribution in [3.63, 3.8) is 0 Å². The topological polar surface area (TPSA) is 56.7 Å². The number of rotatable bonds is 5. The van der Waals surface area contributed by atoms with Crippen LogP contribution < -0.4 is 0 Å². The fourth-order valence-corrected chi connectivity index (χ4v) is 7.85. The van der Waals surface area contributed by atoms with Crippen LogP contribution in [0, 0.1) is 0 Å². The zero-order chi connectivity index (χ0) is 35.6. The van der Waals surface area contributed by atoms with E-state index < -0.39 is 0 Å². The van der Waals surface area contributed by atoms with Crippen LogP contribution >= 0.6 is 0 Å². The van der Waals surface area contributed by atoms with E-state index in [0.717, 1.165) is 55.4 Å². The summed E-state index contributed by atoms with van der Waals surface area (Å²) in [6.45, 7) is 0. The first kappa shape index (κ1) is 30.3. The molecule has 0 aliphatic rings. The van der Waals surface area contributed by atoms with Crippen molar-refractivity contribution in [3.8, 4) is 51.0 Å². The second-order valence-corrected chi connectivity index (χ2v) is 13.6. The van der Waals surface area contributed by atoms with Gasteiger partial charge in [-0.15, -0.1) is 0 Å². The lowest BCUT2D eigenvalue weighted by Gasteiger charge is -2.11. The van der Waals surface area contributed by atoms with E-state index in [2.05, 4.69) is 132 Å². The molecule has 252 valence electrons. The van der Waals surface area contributed by atoms with Crippen molar-refractivity contribution in [2.75, 3.05) is 0 Å². The SMILES string of the molecule is c1ccc(-c2nc(-c3ccc(-c4ccc(-n5c6ccccc6c6c7ccccc7ccc65)cc4)cc3)nc(-c3ccc4c(c3)oc3ccccc34)n2)cc1. The summed E-state index contributed by atoms with van der Waals surface area (Å²) in [7, 11) is 0. The molecule has 0 radical (unpaired) electrons. The highest BCUT2D eigenvalue weighted by molar-refractivity contribution is 6.21. The predicted molar refractivity (Wildman–Crippen MR) is 221 cm³/mol. The molecule has 11 aromatic rings. The molecular formula is C49H30N4O. The summed E-state index contributed by atoms with van der Waals surface area (Å²) in [6, 6.07) is 63.4. The smallest absolute Gasteiger partial charge is 0.164 e. The number of hydrogen-bond acceptors (Lipinski definition) is 4. The number of furan rings is 1. The maximum absolute atomic E-state index is 6.21. The largest absolute Gasteiger partial charge is 0.456 e. The van der Waals surface area contributed by atoms with Gasteiger partial charge in [-0.05, 0) is 64.4 Å². The lowest BCUT2D eigenvalue weighted by Crippen LogP contribution is -2.00. The van der Waals surface area contributed by atoms with Crippen LogP contribution in [-0.2, 0) is 0 Å². The van der Waals surface area contributed by atoms with Crippen molar-refractivity contribution in [2.45, 2.75) is 0 Å². The molecule has 0 unspecified atom stereocenters.